The van der Waals surface area contributed by atoms with Gasteiger partial charge in [-0.15, -0.1) is 0 Å². The van der Waals surface area contributed by atoms with Crippen molar-refractivity contribution in [2.24, 2.45) is 0 Å². The van der Waals surface area contributed by atoms with Crippen LogP contribution in [0.5, 0.6) is 11.6 Å². The second-order valence-corrected chi connectivity index (χ2v) is 6.25. The van der Waals surface area contributed by atoms with E-state index in [9.17, 15) is 14.9 Å². The molecule has 0 aliphatic carbocycles. The highest BCUT2D eigenvalue weighted by Gasteiger charge is 2.20. The maximum atomic E-state index is 12.0. The minimum atomic E-state index is -0.573. The van der Waals surface area contributed by atoms with Crippen molar-refractivity contribution in [2.75, 3.05) is 11.9 Å². The number of carbonyl (C=O) groups excluding carboxylic acids is 1. The van der Waals surface area contributed by atoms with Crippen molar-refractivity contribution in [1.29, 1.82) is 0 Å². The molecule has 0 radical (unpaired) electrons. The molecule has 1 aromatic heterocycles. The highest BCUT2D eigenvalue weighted by atomic mass is 16.6. The SMILES string of the molecule is CN(C(=O)OC(C)(C)C)c1ccc(Oc2ccc([N+](=O)[O-])cn2)cc1. The summed E-state index contributed by atoms with van der Waals surface area (Å²) in [5.41, 5.74) is -0.0457. The van der Waals surface area contributed by atoms with E-state index in [1.807, 2.05) is 0 Å². The zero-order valence-corrected chi connectivity index (χ0v) is 14.4. The average molecular weight is 345 g/mol. The number of hydrogen-bond acceptors (Lipinski definition) is 6. The van der Waals surface area contributed by atoms with Crippen LogP contribution in [-0.4, -0.2) is 28.6 Å². The molecule has 25 heavy (non-hydrogen) atoms. The molecule has 0 saturated carbocycles. The molecule has 0 unspecified atom stereocenters. The Labute approximate surface area is 145 Å². The lowest BCUT2D eigenvalue weighted by Crippen LogP contribution is -2.34. The van der Waals surface area contributed by atoms with Crippen LogP contribution in [0.15, 0.2) is 42.6 Å². The van der Waals surface area contributed by atoms with Crippen LogP contribution in [0.1, 0.15) is 20.8 Å². The van der Waals surface area contributed by atoms with Crippen LogP contribution in [0.4, 0.5) is 16.2 Å². The number of carbonyl (C=O) groups is 1. The molecule has 1 heterocycles. The van der Waals surface area contributed by atoms with Gasteiger partial charge in [0.15, 0.2) is 0 Å². The topological polar surface area (TPSA) is 94.8 Å². The number of anilines is 1. The molecule has 132 valence electrons. The van der Waals surface area contributed by atoms with E-state index in [2.05, 4.69) is 4.98 Å². The lowest BCUT2D eigenvalue weighted by atomic mass is 10.2. The molecular weight excluding hydrogens is 326 g/mol. The molecular formula is C17H19N3O5. The number of aromatic nitrogens is 1. The van der Waals surface area contributed by atoms with Gasteiger partial charge in [-0.2, -0.15) is 0 Å². The molecule has 1 aromatic carbocycles. The first-order valence-corrected chi connectivity index (χ1v) is 7.51. The molecule has 2 rings (SSSR count). The van der Waals surface area contributed by atoms with Crippen molar-refractivity contribution in [3.63, 3.8) is 0 Å². The van der Waals surface area contributed by atoms with Crippen molar-refractivity contribution < 1.29 is 19.2 Å². The van der Waals surface area contributed by atoms with E-state index in [1.54, 1.807) is 52.1 Å². The molecule has 0 atom stereocenters. The summed E-state index contributed by atoms with van der Waals surface area (Å²) >= 11 is 0. The van der Waals surface area contributed by atoms with Crippen molar-refractivity contribution in [3.05, 3.63) is 52.7 Å². The predicted molar refractivity (Wildman–Crippen MR) is 92.0 cm³/mol. The Kier molecular flexibility index (Phi) is 5.21. The van der Waals surface area contributed by atoms with Gasteiger partial charge in [-0.3, -0.25) is 15.0 Å². The monoisotopic (exact) mass is 345 g/mol. The Morgan fingerprint density at radius 2 is 1.80 bits per heavy atom. The second-order valence-electron chi connectivity index (χ2n) is 6.25. The lowest BCUT2D eigenvalue weighted by Gasteiger charge is -2.24. The molecule has 8 heteroatoms. The number of ether oxygens (including phenoxy) is 2. The van der Waals surface area contributed by atoms with Crippen LogP contribution in [0.3, 0.4) is 0 Å². The number of benzene rings is 1. The summed E-state index contributed by atoms with van der Waals surface area (Å²) in [6.07, 6.45) is 0.665. The minimum Gasteiger partial charge on any atom is -0.443 e. The third kappa shape index (κ3) is 5.17. The zero-order valence-electron chi connectivity index (χ0n) is 14.4. The molecule has 0 bridgehead atoms. The number of hydrogen-bond donors (Lipinski definition) is 0. The first-order valence-electron chi connectivity index (χ1n) is 7.51. The van der Waals surface area contributed by atoms with Crippen LogP contribution in [0, 0.1) is 10.1 Å². The number of amides is 1. The van der Waals surface area contributed by atoms with Gasteiger partial charge in [0.1, 0.15) is 17.5 Å². The summed E-state index contributed by atoms with van der Waals surface area (Å²) in [5, 5.41) is 10.6. The third-order valence-corrected chi connectivity index (χ3v) is 3.05. The zero-order chi connectivity index (χ0) is 18.6. The van der Waals surface area contributed by atoms with Gasteiger partial charge in [0, 0.05) is 24.9 Å². The number of pyridine rings is 1. The van der Waals surface area contributed by atoms with Gasteiger partial charge in [0.25, 0.3) is 5.69 Å². The Morgan fingerprint density at radius 3 is 2.28 bits per heavy atom. The van der Waals surface area contributed by atoms with Gasteiger partial charge in [0.2, 0.25) is 5.88 Å². The second kappa shape index (κ2) is 7.16. The van der Waals surface area contributed by atoms with Gasteiger partial charge in [-0.25, -0.2) is 9.78 Å². The molecule has 0 N–H and O–H groups in total. The highest BCUT2D eigenvalue weighted by Crippen LogP contribution is 2.24. The minimum absolute atomic E-state index is 0.110. The maximum Gasteiger partial charge on any atom is 0.414 e. The normalized spacial score (nSPS) is 10.9. The van der Waals surface area contributed by atoms with Gasteiger partial charge in [-0.1, -0.05) is 0 Å². The summed E-state index contributed by atoms with van der Waals surface area (Å²) < 4.78 is 10.8. The molecule has 1 amide bonds. The Bertz CT molecular complexity index is 751. The van der Waals surface area contributed by atoms with Crippen molar-refractivity contribution in [3.8, 4) is 11.6 Å². The number of nitro groups is 1. The summed E-state index contributed by atoms with van der Waals surface area (Å²) in [6.45, 7) is 5.40. The van der Waals surface area contributed by atoms with Crippen LogP contribution in [0.2, 0.25) is 0 Å². The number of rotatable bonds is 4. The van der Waals surface area contributed by atoms with Crippen molar-refractivity contribution in [2.45, 2.75) is 26.4 Å². The summed E-state index contributed by atoms with van der Waals surface area (Å²) in [5.74, 6) is 0.724. The smallest absolute Gasteiger partial charge is 0.414 e. The van der Waals surface area contributed by atoms with E-state index < -0.39 is 16.6 Å². The molecule has 2 aromatic rings. The summed E-state index contributed by atoms with van der Waals surface area (Å²) in [6, 6.07) is 9.46. The molecule has 0 aliphatic heterocycles. The van der Waals surface area contributed by atoms with E-state index in [1.165, 1.54) is 17.0 Å². The van der Waals surface area contributed by atoms with Crippen LogP contribution in [-0.2, 0) is 4.74 Å². The standard InChI is InChI=1S/C17H19N3O5/c1-17(2,3)25-16(21)19(4)12-5-8-14(9-6-12)24-15-10-7-13(11-18-15)20(22)23/h5-11H,1-4H3. The maximum absolute atomic E-state index is 12.0. The van der Waals surface area contributed by atoms with Crippen LogP contribution in [0.25, 0.3) is 0 Å². The molecule has 0 saturated heterocycles. The lowest BCUT2D eigenvalue weighted by molar-refractivity contribution is -0.385. The Hall–Kier alpha value is -3.16. The first kappa shape index (κ1) is 18.2. The van der Waals surface area contributed by atoms with Crippen molar-refractivity contribution >= 4 is 17.5 Å². The fourth-order valence-corrected chi connectivity index (χ4v) is 1.84. The number of nitrogens with zero attached hydrogens (tertiary/aromatic N) is 3. The fraction of sp³-hybridized carbons (Fsp3) is 0.294. The van der Waals surface area contributed by atoms with Crippen LogP contribution >= 0.6 is 0 Å². The van der Waals surface area contributed by atoms with Gasteiger partial charge < -0.3 is 9.47 Å². The van der Waals surface area contributed by atoms with Crippen molar-refractivity contribution in [1.82, 2.24) is 4.98 Å². The molecule has 0 spiro atoms. The van der Waals surface area contributed by atoms with Gasteiger partial charge in [0.05, 0.1) is 4.92 Å². The van der Waals surface area contributed by atoms with Crippen LogP contribution < -0.4 is 9.64 Å². The van der Waals surface area contributed by atoms with E-state index in [4.69, 9.17) is 9.47 Å². The largest absolute Gasteiger partial charge is 0.443 e. The molecule has 0 aliphatic rings. The van der Waals surface area contributed by atoms with E-state index >= 15 is 0 Å². The summed E-state index contributed by atoms with van der Waals surface area (Å²) in [4.78, 5) is 27.4. The highest BCUT2D eigenvalue weighted by molar-refractivity contribution is 5.87. The Morgan fingerprint density at radius 1 is 1.16 bits per heavy atom. The third-order valence-electron chi connectivity index (χ3n) is 3.05. The predicted octanol–water partition coefficient (Wildman–Crippen LogP) is 4.15. The van der Waals surface area contributed by atoms with E-state index in [0.717, 1.165) is 6.20 Å². The average Bonchev–Trinajstić information content (AvgIpc) is 2.54. The molecule has 0 fully saturated rings. The first-order chi connectivity index (χ1) is 11.7. The van der Waals surface area contributed by atoms with E-state index in [0.29, 0.717) is 11.4 Å². The Balaban J connectivity index is 2.04. The molecule has 8 nitrogen and oxygen atoms in total. The fourth-order valence-electron chi connectivity index (χ4n) is 1.84. The van der Waals surface area contributed by atoms with E-state index in [-0.39, 0.29) is 11.6 Å². The quantitative estimate of drug-likeness (QED) is 0.610. The van der Waals surface area contributed by atoms with Gasteiger partial charge in [-0.05, 0) is 45.0 Å². The summed E-state index contributed by atoms with van der Waals surface area (Å²) in [7, 11) is 1.61. The van der Waals surface area contributed by atoms with Gasteiger partial charge >= 0.3 is 6.09 Å².